The number of hydrogen-bond donors (Lipinski definition) is 2. The van der Waals surface area contributed by atoms with Gasteiger partial charge in [0.05, 0.1) is 11.1 Å². The van der Waals surface area contributed by atoms with Gasteiger partial charge < -0.3 is 14.2 Å². The van der Waals surface area contributed by atoms with E-state index in [9.17, 15) is 9.59 Å². The summed E-state index contributed by atoms with van der Waals surface area (Å²) in [6.45, 7) is 2.79. The Morgan fingerprint density at radius 2 is 1.93 bits per heavy atom. The molecule has 2 N–H and O–H groups in total. The zero-order chi connectivity index (χ0) is 21.5. The zero-order valence-corrected chi connectivity index (χ0v) is 17.8. The fourth-order valence-corrected chi connectivity index (χ4v) is 3.23. The minimum atomic E-state index is -0.891. The second kappa shape index (κ2) is 10.5. The summed E-state index contributed by atoms with van der Waals surface area (Å²) in [5, 5.41) is 0.744. The number of rotatable bonds is 7. The SMILES string of the molecule is CC(Oc1ccc(Cl)cc1Cl)C(=O)NNC(=O)c1ccc(OCC2CCCO2)cc1. The summed E-state index contributed by atoms with van der Waals surface area (Å²) in [6.07, 6.45) is 1.27. The number of hydrazine groups is 1. The Hall–Kier alpha value is -2.48. The van der Waals surface area contributed by atoms with Crippen molar-refractivity contribution in [1.82, 2.24) is 10.9 Å². The third-order valence-corrected chi connectivity index (χ3v) is 4.97. The van der Waals surface area contributed by atoms with Gasteiger partial charge in [-0.25, -0.2) is 0 Å². The number of halogens is 2. The van der Waals surface area contributed by atoms with Crippen LogP contribution in [0.4, 0.5) is 0 Å². The van der Waals surface area contributed by atoms with Gasteiger partial charge >= 0.3 is 0 Å². The van der Waals surface area contributed by atoms with E-state index in [0.29, 0.717) is 28.7 Å². The third kappa shape index (κ3) is 6.26. The van der Waals surface area contributed by atoms with Crippen LogP contribution in [0.3, 0.4) is 0 Å². The molecule has 1 aliphatic heterocycles. The van der Waals surface area contributed by atoms with E-state index < -0.39 is 17.9 Å². The molecule has 2 amide bonds. The van der Waals surface area contributed by atoms with E-state index in [1.807, 2.05) is 0 Å². The molecular formula is C21H22Cl2N2O5. The first-order valence-corrected chi connectivity index (χ1v) is 10.2. The van der Waals surface area contributed by atoms with Gasteiger partial charge in [-0.3, -0.25) is 20.4 Å². The van der Waals surface area contributed by atoms with Crippen LogP contribution in [0.15, 0.2) is 42.5 Å². The van der Waals surface area contributed by atoms with E-state index in [4.69, 9.17) is 37.4 Å². The monoisotopic (exact) mass is 452 g/mol. The average molecular weight is 453 g/mol. The topological polar surface area (TPSA) is 85.9 Å². The van der Waals surface area contributed by atoms with Gasteiger partial charge in [0.2, 0.25) is 0 Å². The maximum absolute atomic E-state index is 12.2. The van der Waals surface area contributed by atoms with Crippen LogP contribution < -0.4 is 20.3 Å². The normalized spacial score (nSPS) is 16.6. The van der Waals surface area contributed by atoms with Crippen molar-refractivity contribution >= 4 is 35.0 Å². The molecule has 1 saturated heterocycles. The lowest BCUT2D eigenvalue weighted by atomic mass is 10.2. The Bertz CT molecular complexity index is 885. The Kier molecular flexibility index (Phi) is 7.79. The van der Waals surface area contributed by atoms with Gasteiger partial charge in [0.15, 0.2) is 6.10 Å². The van der Waals surface area contributed by atoms with Crippen molar-refractivity contribution in [1.29, 1.82) is 0 Å². The van der Waals surface area contributed by atoms with Crippen LogP contribution in [0.1, 0.15) is 30.1 Å². The summed E-state index contributed by atoms with van der Waals surface area (Å²) in [4.78, 5) is 24.4. The van der Waals surface area contributed by atoms with Crippen molar-refractivity contribution < 1.29 is 23.8 Å². The molecule has 0 saturated carbocycles. The minimum absolute atomic E-state index is 0.121. The summed E-state index contributed by atoms with van der Waals surface area (Å²) in [5.74, 6) is -0.0433. The van der Waals surface area contributed by atoms with Gasteiger partial charge in [-0.15, -0.1) is 0 Å². The molecule has 0 radical (unpaired) electrons. The summed E-state index contributed by atoms with van der Waals surface area (Å²) in [6, 6.07) is 11.3. The molecule has 2 unspecified atom stereocenters. The summed E-state index contributed by atoms with van der Waals surface area (Å²) >= 11 is 11.9. The molecule has 7 nitrogen and oxygen atoms in total. The van der Waals surface area contributed by atoms with Crippen LogP contribution in [0, 0.1) is 0 Å². The molecule has 0 spiro atoms. The lowest BCUT2D eigenvalue weighted by molar-refractivity contribution is -0.128. The molecule has 160 valence electrons. The van der Waals surface area contributed by atoms with Gasteiger partial charge in [0.1, 0.15) is 18.1 Å². The molecule has 0 aliphatic carbocycles. The van der Waals surface area contributed by atoms with Gasteiger partial charge in [-0.05, 0) is 62.2 Å². The second-order valence-electron chi connectivity index (χ2n) is 6.75. The Morgan fingerprint density at radius 1 is 1.17 bits per heavy atom. The van der Waals surface area contributed by atoms with Crippen molar-refractivity contribution in [3.05, 3.63) is 58.1 Å². The van der Waals surface area contributed by atoms with Crippen molar-refractivity contribution in [3.63, 3.8) is 0 Å². The number of benzene rings is 2. The number of carbonyl (C=O) groups is 2. The highest BCUT2D eigenvalue weighted by molar-refractivity contribution is 6.35. The van der Waals surface area contributed by atoms with Crippen LogP contribution in [-0.4, -0.2) is 37.2 Å². The average Bonchev–Trinajstić information content (AvgIpc) is 3.26. The highest BCUT2D eigenvalue weighted by Crippen LogP contribution is 2.28. The Morgan fingerprint density at radius 3 is 2.60 bits per heavy atom. The zero-order valence-electron chi connectivity index (χ0n) is 16.3. The molecule has 9 heteroatoms. The lowest BCUT2D eigenvalue weighted by Gasteiger charge is -2.16. The Labute approximate surface area is 184 Å². The molecule has 1 aliphatic rings. The van der Waals surface area contributed by atoms with Crippen LogP contribution >= 0.6 is 23.2 Å². The molecule has 0 aromatic heterocycles. The van der Waals surface area contributed by atoms with Crippen LogP contribution in [0.5, 0.6) is 11.5 Å². The summed E-state index contributed by atoms with van der Waals surface area (Å²) in [7, 11) is 0. The molecular weight excluding hydrogens is 431 g/mol. The number of ether oxygens (including phenoxy) is 3. The molecule has 2 atom stereocenters. The maximum atomic E-state index is 12.2. The van der Waals surface area contributed by atoms with Crippen LogP contribution in [-0.2, 0) is 9.53 Å². The summed E-state index contributed by atoms with van der Waals surface area (Å²) in [5.41, 5.74) is 5.05. The van der Waals surface area contributed by atoms with E-state index in [1.54, 1.807) is 36.4 Å². The van der Waals surface area contributed by atoms with Crippen molar-refractivity contribution in [2.24, 2.45) is 0 Å². The first-order valence-electron chi connectivity index (χ1n) is 9.49. The molecule has 2 aromatic rings. The Balaban J connectivity index is 1.45. The standard InChI is InChI=1S/C21H22Cl2N2O5/c1-13(30-19-9-6-15(22)11-18(19)23)20(26)24-25-21(27)14-4-7-16(8-5-14)29-12-17-3-2-10-28-17/h4-9,11,13,17H,2-3,10,12H2,1H3,(H,24,26)(H,25,27). The molecule has 30 heavy (non-hydrogen) atoms. The van der Waals surface area contributed by atoms with E-state index >= 15 is 0 Å². The predicted molar refractivity (Wildman–Crippen MR) is 113 cm³/mol. The number of amides is 2. The highest BCUT2D eigenvalue weighted by atomic mass is 35.5. The van der Waals surface area contributed by atoms with Gasteiger partial charge in [0, 0.05) is 17.2 Å². The molecule has 3 rings (SSSR count). The van der Waals surface area contributed by atoms with Gasteiger partial charge in [-0.1, -0.05) is 23.2 Å². The predicted octanol–water partition coefficient (Wildman–Crippen LogP) is 3.78. The van der Waals surface area contributed by atoms with E-state index in [0.717, 1.165) is 19.4 Å². The fourth-order valence-electron chi connectivity index (χ4n) is 2.77. The maximum Gasteiger partial charge on any atom is 0.279 e. The number of nitrogens with one attached hydrogen (secondary N) is 2. The fraction of sp³-hybridized carbons (Fsp3) is 0.333. The first-order chi connectivity index (χ1) is 14.4. The largest absolute Gasteiger partial charge is 0.491 e. The first kappa shape index (κ1) is 22.2. The second-order valence-corrected chi connectivity index (χ2v) is 7.59. The molecule has 1 heterocycles. The molecule has 1 fully saturated rings. The lowest BCUT2D eigenvalue weighted by Crippen LogP contribution is -2.47. The molecule has 0 bridgehead atoms. The quantitative estimate of drug-likeness (QED) is 0.624. The minimum Gasteiger partial charge on any atom is -0.491 e. The summed E-state index contributed by atoms with van der Waals surface area (Å²) < 4.78 is 16.7. The number of hydrogen-bond acceptors (Lipinski definition) is 5. The van der Waals surface area contributed by atoms with Crippen molar-refractivity contribution in [2.45, 2.75) is 32.0 Å². The highest BCUT2D eigenvalue weighted by Gasteiger charge is 2.18. The van der Waals surface area contributed by atoms with Crippen molar-refractivity contribution in [2.75, 3.05) is 13.2 Å². The van der Waals surface area contributed by atoms with Crippen LogP contribution in [0.2, 0.25) is 10.0 Å². The van der Waals surface area contributed by atoms with Gasteiger partial charge in [0.25, 0.3) is 11.8 Å². The van der Waals surface area contributed by atoms with Gasteiger partial charge in [-0.2, -0.15) is 0 Å². The van der Waals surface area contributed by atoms with Crippen molar-refractivity contribution in [3.8, 4) is 11.5 Å². The molecule has 2 aromatic carbocycles. The third-order valence-electron chi connectivity index (χ3n) is 4.44. The van der Waals surface area contributed by atoms with E-state index in [1.165, 1.54) is 13.0 Å². The van der Waals surface area contributed by atoms with Crippen LogP contribution in [0.25, 0.3) is 0 Å². The smallest absolute Gasteiger partial charge is 0.279 e. The van der Waals surface area contributed by atoms with E-state index in [2.05, 4.69) is 10.9 Å². The van der Waals surface area contributed by atoms with E-state index in [-0.39, 0.29) is 11.1 Å². The number of carbonyl (C=O) groups excluding carboxylic acids is 2.